The first-order valence-corrected chi connectivity index (χ1v) is 8.84. The van der Waals surface area contributed by atoms with Gasteiger partial charge in [0.15, 0.2) is 0 Å². The van der Waals surface area contributed by atoms with E-state index in [0.29, 0.717) is 16.6 Å². The Balaban J connectivity index is 1.48. The van der Waals surface area contributed by atoms with E-state index in [1.54, 1.807) is 6.26 Å². The average molecular weight is 367 g/mol. The highest BCUT2D eigenvalue weighted by Gasteiger charge is 2.25. The molecule has 0 radical (unpaired) electrons. The lowest BCUT2D eigenvalue weighted by atomic mass is 9.95. The molecule has 128 valence electrons. The maximum Gasteiger partial charge on any atom is 0.223 e. The largest absolute Gasteiger partial charge is 0.467 e. The predicted octanol–water partition coefficient (Wildman–Crippen LogP) is 4.11. The summed E-state index contributed by atoms with van der Waals surface area (Å²) in [7, 11) is 0. The van der Waals surface area contributed by atoms with Gasteiger partial charge in [-0.05, 0) is 50.2 Å². The topological polar surface area (TPSA) is 45.5 Å². The van der Waals surface area contributed by atoms with Gasteiger partial charge in [0, 0.05) is 28.1 Å². The molecule has 24 heavy (non-hydrogen) atoms. The molecular formula is C18H20Cl2N2O2. The normalized spacial score (nSPS) is 16.2. The fraction of sp³-hybridized carbons (Fsp3) is 0.389. The summed E-state index contributed by atoms with van der Waals surface area (Å²) in [6, 6.07) is 9.25. The molecule has 4 nitrogen and oxygen atoms in total. The van der Waals surface area contributed by atoms with Crippen molar-refractivity contribution in [2.24, 2.45) is 5.92 Å². The third-order valence-electron chi connectivity index (χ3n) is 4.42. The number of nitrogens with zero attached hydrogens (tertiary/aromatic N) is 1. The number of nitrogens with one attached hydrogen (secondary N) is 1. The first-order chi connectivity index (χ1) is 11.6. The highest BCUT2D eigenvalue weighted by atomic mass is 35.5. The Bertz CT molecular complexity index is 660. The van der Waals surface area contributed by atoms with Crippen LogP contribution in [-0.4, -0.2) is 23.9 Å². The fourth-order valence-corrected chi connectivity index (χ4v) is 3.51. The lowest BCUT2D eigenvalue weighted by Gasteiger charge is -2.31. The number of amides is 1. The van der Waals surface area contributed by atoms with Crippen molar-refractivity contribution in [3.8, 4) is 0 Å². The zero-order valence-corrected chi connectivity index (χ0v) is 14.8. The van der Waals surface area contributed by atoms with Gasteiger partial charge in [0.1, 0.15) is 5.76 Å². The van der Waals surface area contributed by atoms with Crippen LogP contribution in [0.1, 0.15) is 24.2 Å². The maximum absolute atomic E-state index is 12.3. The van der Waals surface area contributed by atoms with Crippen molar-refractivity contribution in [2.75, 3.05) is 13.1 Å². The summed E-state index contributed by atoms with van der Waals surface area (Å²) in [5, 5.41) is 4.33. The summed E-state index contributed by atoms with van der Waals surface area (Å²) in [5.74, 6) is 0.925. The molecule has 1 aliphatic heterocycles. The van der Waals surface area contributed by atoms with Crippen LogP contribution >= 0.6 is 23.2 Å². The van der Waals surface area contributed by atoms with Crippen LogP contribution in [0, 0.1) is 5.92 Å². The van der Waals surface area contributed by atoms with Crippen molar-refractivity contribution in [1.29, 1.82) is 0 Å². The number of piperidine rings is 1. The quantitative estimate of drug-likeness (QED) is 0.865. The van der Waals surface area contributed by atoms with Gasteiger partial charge in [-0.3, -0.25) is 9.69 Å². The van der Waals surface area contributed by atoms with Crippen LogP contribution in [-0.2, 0) is 17.9 Å². The monoisotopic (exact) mass is 366 g/mol. The van der Waals surface area contributed by atoms with Gasteiger partial charge in [-0.2, -0.15) is 0 Å². The van der Waals surface area contributed by atoms with Crippen LogP contribution in [0.2, 0.25) is 10.0 Å². The Morgan fingerprint density at radius 2 is 1.88 bits per heavy atom. The van der Waals surface area contributed by atoms with Crippen molar-refractivity contribution in [3.05, 3.63) is 58.0 Å². The smallest absolute Gasteiger partial charge is 0.223 e. The molecule has 0 saturated carbocycles. The van der Waals surface area contributed by atoms with Gasteiger partial charge < -0.3 is 9.73 Å². The van der Waals surface area contributed by atoms with E-state index < -0.39 is 0 Å². The minimum absolute atomic E-state index is 0.0536. The molecule has 1 amide bonds. The number of rotatable bonds is 5. The molecule has 3 rings (SSSR count). The molecule has 1 aliphatic rings. The van der Waals surface area contributed by atoms with E-state index in [2.05, 4.69) is 10.2 Å². The summed E-state index contributed by atoms with van der Waals surface area (Å²) in [6.45, 7) is 2.89. The van der Waals surface area contributed by atoms with Gasteiger partial charge in [0.2, 0.25) is 5.91 Å². The number of hydrogen-bond donors (Lipinski definition) is 1. The molecule has 1 aromatic heterocycles. The summed E-state index contributed by atoms with van der Waals surface area (Å²) in [4.78, 5) is 14.5. The van der Waals surface area contributed by atoms with Crippen LogP contribution in [0.4, 0.5) is 0 Å². The molecule has 1 fully saturated rings. The highest BCUT2D eigenvalue weighted by Crippen LogP contribution is 2.27. The van der Waals surface area contributed by atoms with Gasteiger partial charge in [-0.1, -0.05) is 29.3 Å². The summed E-state index contributed by atoms with van der Waals surface area (Å²) in [5.41, 5.74) is 0.960. The molecule has 1 N–H and O–H groups in total. The summed E-state index contributed by atoms with van der Waals surface area (Å²) < 4.78 is 5.23. The molecule has 2 heterocycles. The van der Waals surface area contributed by atoms with E-state index >= 15 is 0 Å². The second-order valence-corrected chi connectivity index (χ2v) is 6.86. The SMILES string of the molecule is O=C(NCc1ccco1)C1CCN(Cc2c(Cl)cccc2Cl)CC1. The van der Waals surface area contributed by atoms with Gasteiger partial charge in [0.05, 0.1) is 12.8 Å². The first kappa shape index (κ1) is 17.3. The van der Waals surface area contributed by atoms with Crippen molar-refractivity contribution in [2.45, 2.75) is 25.9 Å². The molecule has 1 aromatic carbocycles. The number of benzene rings is 1. The molecule has 0 aliphatic carbocycles. The second kappa shape index (κ2) is 8.06. The molecule has 1 saturated heterocycles. The Labute approximate surface area is 151 Å². The van der Waals surface area contributed by atoms with Crippen LogP contribution in [0.5, 0.6) is 0 Å². The van der Waals surface area contributed by atoms with Crippen molar-refractivity contribution >= 4 is 29.1 Å². The van der Waals surface area contributed by atoms with E-state index in [4.69, 9.17) is 27.6 Å². The van der Waals surface area contributed by atoms with E-state index in [0.717, 1.165) is 43.8 Å². The third kappa shape index (κ3) is 4.32. The number of halogens is 2. The lowest BCUT2D eigenvalue weighted by molar-refractivity contribution is -0.126. The van der Waals surface area contributed by atoms with Crippen LogP contribution in [0.25, 0.3) is 0 Å². The lowest BCUT2D eigenvalue weighted by Crippen LogP contribution is -2.40. The van der Waals surface area contributed by atoms with Crippen molar-refractivity contribution in [3.63, 3.8) is 0 Å². The Kier molecular flexibility index (Phi) is 5.82. The zero-order chi connectivity index (χ0) is 16.9. The Morgan fingerprint density at radius 1 is 1.17 bits per heavy atom. The van der Waals surface area contributed by atoms with E-state index in [1.165, 1.54) is 0 Å². The minimum atomic E-state index is 0.0536. The standard InChI is InChI=1S/C18H20Cl2N2O2/c19-16-4-1-5-17(20)15(16)12-22-8-6-13(7-9-22)18(23)21-11-14-3-2-10-24-14/h1-5,10,13H,6-9,11-12H2,(H,21,23). The molecule has 0 atom stereocenters. The van der Waals surface area contributed by atoms with Gasteiger partial charge in [-0.15, -0.1) is 0 Å². The molecule has 0 unspecified atom stereocenters. The van der Waals surface area contributed by atoms with Crippen molar-refractivity contribution in [1.82, 2.24) is 10.2 Å². The molecule has 2 aromatic rings. The van der Waals surface area contributed by atoms with E-state index in [1.807, 2.05) is 30.3 Å². The number of hydrogen-bond acceptors (Lipinski definition) is 3. The zero-order valence-electron chi connectivity index (χ0n) is 13.3. The molecule has 6 heteroatoms. The average Bonchev–Trinajstić information content (AvgIpc) is 3.10. The van der Waals surface area contributed by atoms with E-state index in [9.17, 15) is 4.79 Å². The minimum Gasteiger partial charge on any atom is -0.467 e. The maximum atomic E-state index is 12.3. The predicted molar refractivity (Wildman–Crippen MR) is 95.0 cm³/mol. The third-order valence-corrected chi connectivity index (χ3v) is 5.13. The first-order valence-electron chi connectivity index (χ1n) is 8.09. The second-order valence-electron chi connectivity index (χ2n) is 6.05. The molecular weight excluding hydrogens is 347 g/mol. The van der Waals surface area contributed by atoms with Gasteiger partial charge in [-0.25, -0.2) is 0 Å². The number of carbonyl (C=O) groups excluding carboxylic acids is 1. The Morgan fingerprint density at radius 3 is 2.50 bits per heavy atom. The number of likely N-dealkylation sites (tertiary alicyclic amines) is 1. The van der Waals surface area contributed by atoms with Gasteiger partial charge >= 0.3 is 0 Å². The Hall–Kier alpha value is -1.49. The van der Waals surface area contributed by atoms with Crippen LogP contribution in [0.3, 0.4) is 0 Å². The van der Waals surface area contributed by atoms with E-state index in [-0.39, 0.29) is 11.8 Å². The molecule has 0 spiro atoms. The summed E-state index contributed by atoms with van der Waals surface area (Å²) in [6.07, 6.45) is 3.29. The molecule has 0 bridgehead atoms. The van der Waals surface area contributed by atoms with Crippen LogP contribution in [0.15, 0.2) is 41.0 Å². The van der Waals surface area contributed by atoms with Crippen molar-refractivity contribution < 1.29 is 9.21 Å². The fourth-order valence-electron chi connectivity index (χ4n) is 2.99. The number of furan rings is 1. The number of carbonyl (C=O) groups is 1. The van der Waals surface area contributed by atoms with Crippen LogP contribution < -0.4 is 5.32 Å². The summed E-state index contributed by atoms with van der Waals surface area (Å²) >= 11 is 12.5. The highest BCUT2D eigenvalue weighted by molar-refractivity contribution is 6.35. The van der Waals surface area contributed by atoms with Gasteiger partial charge in [0.25, 0.3) is 0 Å².